The van der Waals surface area contributed by atoms with E-state index in [-0.39, 0.29) is 0 Å². The maximum Gasteiger partial charge on any atom is 0.0505 e. The van der Waals surface area contributed by atoms with Crippen molar-refractivity contribution in [3.05, 3.63) is 52.9 Å². The number of fused-ring (bicyclic) bond motifs is 2. The standard InChI is InChI=1S/C27H41N3O/c1-28(2)24-15-13-22-19-23-14-16-25(29(3)4)21-27(23)30(26(22)20-24)17-11-9-7-5-6-8-10-12-18-31/h13,15-16,19-21,31H,5-12,14,17-18H2,1-4H3. The number of benzene rings is 1. The molecule has 0 radical (unpaired) electrons. The van der Waals surface area contributed by atoms with Crippen LogP contribution in [0.5, 0.6) is 0 Å². The fourth-order valence-corrected chi connectivity index (χ4v) is 4.47. The Balaban J connectivity index is 1.69. The van der Waals surface area contributed by atoms with Crippen molar-refractivity contribution >= 4 is 17.5 Å². The van der Waals surface area contributed by atoms with E-state index >= 15 is 0 Å². The topological polar surface area (TPSA) is 30.0 Å². The van der Waals surface area contributed by atoms with Gasteiger partial charge in [0.25, 0.3) is 0 Å². The van der Waals surface area contributed by atoms with Crippen LogP contribution in [0.25, 0.3) is 6.08 Å². The number of anilines is 2. The van der Waals surface area contributed by atoms with E-state index < -0.39 is 0 Å². The molecule has 0 atom stereocenters. The first-order valence-corrected chi connectivity index (χ1v) is 12.0. The molecule has 1 aromatic carbocycles. The van der Waals surface area contributed by atoms with E-state index in [0.29, 0.717) is 6.61 Å². The van der Waals surface area contributed by atoms with Crippen molar-refractivity contribution in [3.8, 4) is 0 Å². The smallest absolute Gasteiger partial charge is 0.0505 e. The van der Waals surface area contributed by atoms with Gasteiger partial charge in [-0.2, -0.15) is 0 Å². The number of aliphatic hydroxyl groups excluding tert-OH is 1. The second-order valence-corrected chi connectivity index (χ2v) is 9.27. The van der Waals surface area contributed by atoms with Crippen molar-refractivity contribution in [2.24, 2.45) is 0 Å². The number of rotatable bonds is 12. The molecule has 0 amide bonds. The summed E-state index contributed by atoms with van der Waals surface area (Å²) in [5, 5.41) is 8.89. The first kappa shape index (κ1) is 23.5. The lowest BCUT2D eigenvalue weighted by molar-refractivity contribution is 0.282. The van der Waals surface area contributed by atoms with Crippen LogP contribution in [0, 0.1) is 0 Å². The molecule has 170 valence electrons. The van der Waals surface area contributed by atoms with Gasteiger partial charge in [-0.05, 0) is 54.7 Å². The van der Waals surface area contributed by atoms with Gasteiger partial charge < -0.3 is 19.8 Å². The van der Waals surface area contributed by atoms with Gasteiger partial charge in [-0.1, -0.05) is 50.7 Å². The van der Waals surface area contributed by atoms with Gasteiger partial charge in [0, 0.05) is 58.4 Å². The predicted molar refractivity (Wildman–Crippen MR) is 135 cm³/mol. The Labute approximate surface area is 189 Å². The average Bonchev–Trinajstić information content (AvgIpc) is 2.76. The number of aliphatic hydroxyl groups is 1. The Kier molecular flexibility index (Phi) is 8.65. The van der Waals surface area contributed by atoms with Crippen molar-refractivity contribution in [2.75, 3.05) is 51.1 Å². The van der Waals surface area contributed by atoms with Crippen molar-refractivity contribution in [1.82, 2.24) is 4.90 Å². The van der Waals surface area contributed by atoms with Crippen LogP contribution in [0.3, 0.4) is 0 Å². The van der Waals surface area contributed by atoms with Crippen molar-refractivity contribution < 1.29 is 5.11 Å². The van der Waals surface area contributed by atoms with E-state index in [2.05, 4.69) is 79.3 Å². The quantitative estimate of drug-likeness (QED) is 0.430. The highest BCUT2D eigenvalue weighted by Crippen LogP contribution is 2.41. The van der Waals surface area contributed by atoms with Gasteiger partial charge in [-0.3, -0.25) is 0 Å². The van der Waals surface area contributed by atoms with Gasteiger partial charge in [-0.25, -0.2) is 0 Å². The number of unbranched alkanes of at least 4 members (excludes halogenated alkanes) is 7. The van der Waals surface area contributed by atoms with Crippen molar-refractivity contribution in [1.29, 1.82) is 0 Å². The van der Waals surface area contributed by atoms with Gasteiger partial charge in [-0.15, -0.1) is 0 Å². The monoisotopic (exact) mass is 423 g/mol. The molecule has 4 heteroatoms. The molecule has 3 rings (SSSR count). The van der Waals surface area contributed by atoms with Gasteiger partial charge in [0.15, 0.2) is 0 Å². The number of nitrogens with zero attached hydrogens (tertiary/aromatic N) is 3. The minimum Gasteiger partial charge on any atom is -0.396 e. The molecule has 0 aromatic heterocycles. The summed E-state index contributed by atoms with van der Waals surface area (Å²) in [6.45, 7) is 1.40. The van der Waals surface area contributed by atoms with Crippen LogP contribution in [0.4, 0.5) is 11.4 Å². The number of hydrogen-bond donors (Lipinski definition) is 1. The second kappa shape index (κ2) is 11.4. The zero-order chi connectivity index (χ0) is 22.2. The fourth-order valence-electron chi connectivity index (χ4n) is 4.47. The van der Waals surface area contributed by atoms with Crippen molar-refractivity contribution in [3.63, 3.8) is 0 Å². The predicted octanol–water partition coefficient (Wildman–Crippen LogP) is 5.80. The van der Waals surface area contributed by atoms with Crippen LogP contribution in [0.2, 0.25) is 0 Å². The summed E-state index contributed by atoms with van der Waals surface area (Å²) in [6, 6.07) is 6.85. The Morgan fingerprint density at radius 2 is 1.52 bits per heavy atom. The van der Waals surface area contributed by atoms with Crippen LogP contribution in [0.15, 0.2) is 47.3 Å². The van der Waals surface area contributed by atoms with E-state index in [4.69, 9.17) is 5.11 Å². The molecule has 1 aliphatic heterocycles. The molecule has 0 fully saturated rings. The van der Waals surface area contributed by atoms with Crippen LogP contribution < -0.4 is 9.80 Å². The zero-order valence-electron chi connectivity index (χ0n) is 20.0. The van der Waals surface area contributed by atoms with Crippen LogP contribution >= 0.6 is 0 Å². The highest BCUT2D eigenvalue weighted by Gasteiger charge is 2.25. The van der Waals surface area contributed by atoms with Crippen LogP contribution in [0.1, 0.15) is 63.4 Å². The summed E-state index contributed by atoms with van der Waals surface area (Å²) in [7, 11) is 8.49. The van der Waals surface area contributed by atoms with Gasteiger partial charge >= 0.3 is 0 Å². The fraction of sp³-hybridized carbons (Fsp3) is 0.556. The van der Waals surface area contributed by atoms with Gasteiger partial charge in [0.1, 0.15) is 0 Å². The van der Waals surface area contributed by atoms with E-state index in [9.17, 15) is 0 Å². The third kappa shape index (κ3) is 6.16. The molecule has 1 heterocycles. The molecule has 31 heavy (non-hydrogen) atoms. The third-order valence-electron chi connectivity index (χ3n) is 6.39. The lowest BCUT2D eigenvalue weighted by Crippen LogP contribution is -2.30. The molecule has 2 aliphatic rings. The van der Waals surface area contributed by atoms with E-state index in [1.165, 1.54) is 78.9 Å². The normalized spacial score (nSPS) is 15.0. The number of allylic oxidation sites excluding steroid dienone is 3. The molecule has 4 nitrogen and oxygen atoms in total. The van der Waals surface area contributed by atoms with E-state index in [0.717, 1.165) is 19.4 Å². The Morgan fingerprint density at radius 3 is 2.16 bits per heavy atom. The minimum absolute atomic E-state index is 0.337. The Hall–Kier alpha value is -2.20. The molecule has 1 N–H and O–H groups in total. The lowest BCUT2D eigenvalue weighted by atomic mass is 9.92. The molecule has 0 saturated heterocycles. The second-order valence-electron chi connectivity index (χ2n) is 9.27. The zero-order valence-corrected chi connectivity index (χ0v) is 20.0. The molecule has 0 spiro atoms. The molecular formula is C27H41N3O. The van der Waals surface area contributed by atoms with E-state index in [1.54, 1.807) is 0 Å². The first-order valence-electron chi connectivity index (χ1n) is 12.0. The van der Waals surface area contributed by atoms with Gasteiger partial charge in [0.2, 0.25) is 0 Å². The number of hydrogen-bond acceptors (Lipinski definition) is 4. The Morgan fingerprint density at radius 1 is 0.839 bits per heavy atom. The number of likely N-dealkylation sites (N-methyl/N-ethyl adjacent to an activating group) is 1. The maximum atomic E-state index is 8.89. The van der Waals surface area contributed by atoms with E-state index in [1.807, 2.05) is 0 Å². The lowest BCUT2D eigenvalue weighted by Gasteiger charge is -2.37. The SMILES string of the molecule is CN(C)C1=CCC2=Cc3ccc(N(C)C)cc3N(CCCCCCCCCCO)C2=C1. The third-order valence-corrected chi connectivity index (χ3v) is 6.39. The average molecular weight is 424 g/mol. The molecule has 0 unspecified atom stereocenters. The summed E-state index contributed by atoms with van der Waals surface area (Å²) in [6.07, 6.45) is 17.9. The summed E-state index contributed by atoms with van der Waals surface area (Å²) >= 11 is 0. The molecule has 0 bridgehead atoms. The largest absolute Gasteiger partial charge is 0.396 e. The first-order chi connectivity index (χ1) is 15.0. The molecule has 0 saturated carbocycles. The molecule has 1 aliphatic carbocycles. The van der Waals surface area contributed by atoms with Gasteiger partial charge in [0.05, 0.1) is 5.69 Å². The van der Waals surface area contributed by atoms with Crippen molar-refractivity contribution in [2.45, 2.75) is 57.8 Å². The summed E-state index contributed by atoms with van der Waals surface area (Å²) in [5.74, 6) is 0. The Bertz CT molecular complexity index is 820. The molecular weight excluding hydrogens is 382 g/mol. The highest BCUT2D eigenvalue weighted by molar-refractivity contribution is 5.83. The summed E-state index contributed by atoms with van der Waals surface area (Å²) < 4.78 is 0. The molecule has 1 aromatic rings. The highest BCUT2D eigenvalue weighted by atomic mass is 16.2. The van der Waals surface area contributed by atoms with Crippen LogP contribution in [-0.2, 0) is 0 Å². The summed E-state index contributed by atoms with van der Waals surface area (Å²) in [4.78, 5) is 6.97. The summed E-state index contributed by atoms with van der Waals surface area (Å²) in [5.41, 5.74) is 8.03. The van der Waals surface area contributed by atoms with Crippen LogP contribution in [-0.4, -0.2) is 51.3 Å². The maximum absolute atomic E-state index is 8.89. The minimum atomic E-state index is 0.337.